The van der Waals surface area contributed by atoms with Gasteiger partial charge >= 0.3 is 5.97 Å². The topological polar surface area (TPSA) is 46.5 Å². The fourth-order valence-corrected chi connectivity index (χ4v) is 3.31. The molecule has 1 aliphatic carbocycles. The number of hydrogen-bond acceptors (Lipinski definition) is 2. The van der Waals surface area contributed by atoms with E-state index in [1.54, 1.807) is 0 Å². The lowest BCUT2D eigenvalue weighted by atomic mass is 9.74. The lowest BCUT2D eigenvalue weighted by molar-refractivity contribution is -0.156. The van der Waals surface area contributed by atoms with Gasteiger partial charge in [-0.1, -0.05) is 19.8 Å². The van der Waals surface area contributed by atoms with Crippen LogP contribution in [0.1, 0.15) is 45.4 Å². The molecule has 1 N–H and O–H groups in total. The molecule has 0 amide bonds. The van der Waals surface area contributed by atoms with Crippen LogP contribution in [0.15, 0.2) is 0 Å². The molecule has 3 nitrogen and oxygen atoms in total. The van der Waals surface area contributed by atoms with E-state index in [1.165, 1.54) is 12.8 Å². The molecule has 0 aromatic heterocycles. The summed E-state index contributed by atoms with van der Waals surface area (Å²) in [5.41, 5.74) is 0. The lowest BCUT2D eigenvalue weighted by Gasteiger charge is -2.38. The van der Waals surface area contributed by atoms with Gasteiger partial charge in [0.05, 0.1) is 12.0 Å². The third kappa shape index (κ3) is 2.57. The van der Waals surface area contributed by atoms with E-state index < -0.39 is 5.97 Å². The average Bonchev–Trinajstić information content (AvgIpc) is 2.29. The molecule has 92 valence electrons. The predicted octanol–water partition coefficient (Wildman–Crippen LogP) is 2.69. The van der Waals surface area contributed by atoms with Gasteiger partial charge in [-0.25, -0.2) is 0 Å². The Morgan fingerprint density at radius 2 is 2.06 bits per heavy atom. The quantitative estimate of drug-likeness (QED) is 0.787. The van der Waals surface area contributed by atoms with Gasteiger partial charge in [0, 0.05) is 6.61 Å². The van der Waals surface area contributed by atoms with Crippen LogP contribution >= 0.6 is 0 Å². The first-order valence-corrected chi connectivity index (χ1v) is 6.53. The van der Waals surface area contributed by atoms with Gasteiger partial charge in [0.25, 0.3) is 0 Å². The van der Waals surface area contributed by atoms with Crippen molar-refractivity contribution in [3.8, 4) is 0 Å². The van der Waals surface area contributed by atoms with Gasteiger partial charge in [0.1, 0.15) is 0 Å². The largest absolute Gasteiger partial charge is 0.481 e. The predicted molar refractivity (Wildman–Crippen MR) is 61.2 cm³/mol. The highest BCUT2D eigenvalue weighted by atomic mass is 16.5. The Bertz CT molecular complexity index is 252. The van der Waals surface area contributed by atoms with Crippen LogP contribution in [0.25, 0.3) is 0 Å². The van der Waals surface area contributed by atoms with E-state index in [1.807, 2.05) is 0 Å². The molecule has 0 bridgehead atoms. The van der Waals surface area contributed by atoms with Crippen LogP contribution < -0.4 is 0 Å². The van der Waals surface area contributed by atoms with Crippen molar-refractivity contribution in [3.05, 3.63) is 0 Å². The highest BCUT2D eigenvalue weighted by Crippen LogP contribution is 2.37. The average molecular weight is 226 g/mol. The second-order valence-electron chi connectivity index (χ2n) is 5.45. The molecule has 2 rings (SSSR count). The van der Waals surface area contributed by atoms with Crippen LogP contribution in [-0.4, -0.2) is 23.8 Å². The Hall–Kier alpha value is -0.570. The molecule has 0 spiro atoms. The van der Waals surface area contributed by atoms with Crippen molar-refractivity contribution in [2.45, 2.75) is 51.6 Å². The van der Waals surface area contributed by atoms with Gasteiger partial charge in [-0.05, 0) is 37.5 Å². The highest BCUT2D eigenvalue weighted by Gasteiger charge is 2.38. The Labute approximate surface area is 97.2 Å². The summed E-state index contributed by atoms with van der Waals surface area (Å²) < 4.78 is 5.76. The third-order valence-corrected chi connectivity index (χ3v) is 4.13. The molecule has 1 saturated heterocycles. The van der Waals surface area contributed by atoms with E-state index in [2.05, 4.69) is 6.92 Å². The first-order valence-electron chi connectivity index (χ1n) is 6.53. The zero-order valence-electron chi connectivity index (χ0n) is 10.0. The van der Waals surface area contributed by atoms with Crippen molar-refractivity contribution >= 4 is 5.97 Å². The van der Waals surface area contributed by atoms with Crippen LogP contribution in [-0.2, 0) is 9.53 Å². The summed E-state index contributed by atoms with van der Waals surface area (Å²) >= 11 is 0. The van der Waals surface area contributed by atoms with Crippen molar-refractivity contribution in [1.82, 2.24) is 0 Å². The van der Waals surface area contributed by atoms with Gasteiger partial charge in [-0.15, -0.1) is 0 Å². The van der Waals surface area contributed by atoms with Crippen LogP contribution in [0.4, 0.5) is 0 Å². The molecule has 3 heteroatoms. The number of ether oxygens (including phenoxy) is 1. The lowest BCUT2D eigenvalue weighted by Crippen LogP contribution is -2.41. The van der Waals surface area contributed by atoms with Crippen LogP contribution in [0.3, 0.4) is 0 Å². The summed E-state index contributed by atoms with van der Waals surface area (Å²) in [6.45, 7) is 3.02. The van der Waals surface area contributed by atoms with Crippen LogP contribution in [0.5, 0.6) is 0 Å². The summed E-state index contributed by atoms with van der Waals surface area (Å²) in [7, 11) is 0. The summed E-state index contributed by atoms with van der Waals surface area (Å²) in [6.07, 6.45) is 6.50. The number of hydrogen-bond donors (Lipinski definition) is 1. The smallest absolute Gasteiger partial charge is 0.309 e. The summed E-state index contributed by atoms with van der Waals surface area (Å²) in [4.78, 5) is 11.2. The molecule has 16 heavy (non-hydrogen) atoms. The van der Waals surface area contributed by atoms with E-state index in [0.29, 0.717) is 5.92 Å². The maximum absolute atomic E-state index is 11.2. The van der Waals surface area contributed by atoms with Gasteiger partial charge in [-0.2, -0.15) is 0 Å². The van der Waals surface area contributed by atoms with Crippen molar-refractivity contribution in [3.63, 3.8) is 0 Å². The maximum atomic E-state index is 11.2. The number of aliphatic carboxylic acids is 1. The minimum Gasteiger partial charge on any atom is -0.481 e. The van der Waals surface area contributed by atoms with Crippen LogP contribution in [0.2, 0.25) is 0 Å². The minimum atomic E-state index is -0.664. The van der Waals surface area contributed by atoms with Crippen molar-refractivity contribution in [2.24, 2.45) is 17.8 Å². The second-order valence-corrected chi connectivity index (χ2v) is 5.45. The molecule has 4 unspecified atom stereocenters. The zero-order chi connectivity index (χ0) is 11.5. The van der Waals surface area contributed by atoms with Gasteiger partial charge in [0.15, 0.2) is 0 Å². The Morgan fingerprint density at radius 3 is 2.75 bits per heavy atom. The second kappa shape index (κ2) is 5.17. The number of carbonyl (C=O) groups is 1. The fraction of sp³-hybridized carbons (Fsp3) is 0.923. The van der Waals surface area contributed by atoms with Gasteiger partial charge in [-0.3, -0.25) is 4.79 Å². The molecular formula is C13H22O3. The molecule has 1 heterocycles. The van der Waals surface area contributed by atoms with E-state index in [0.717, 1.165) is 38.2 Å². The third-order valence-electron chi connectivity index (χ3n) is 4.13. The normalized spacial score (nSPS) is 40.6. The van der Waals surface area contributed by atoms with E-state index in [-0.39, 0.29) is 12.0 Å². The fourth-order valence-electron chi connectivity index (χ4n) is 3.31. The molecule has 2 fully saturated rings. The van der Waals surface area contributed by atoms with Gasteiger partial charge < -0.3 is 9.84 Å². The highest BCUT2D eigenvalue weighted by molar-refractivity contribution is 5.70. The molecule has 0 aromatic carbocycles. The number of carboxylic acids is 1. The SMILES string of the molecule is CC1CCCC(C2OCCCC2C(=O)O)C1. The Morgan fingerprint density at radius 1 is 1.25 bits per heavy atom. The van der Waals surface area contributed by atoms with Gasteiger partial charge in [0.2, 0.25) is 0 Å². The molecule has 4 atom stereocenters. The van der Waals surface area contributed by atoms with E-state index in [4.69, 9.17) is 4.74 Å². The molecule has 0 aromatic rings. The Kier molecular flexibility index (Phi) is 3.85. The maximum Gasteiger partial charge on any atom is 0.309 e. The standard InChI is InChI=1S/C13H22O3/c1-9-4-2-5-10(8-9)12-11(13(14)15)6-3-7-16-12/h9-12H,2-8H2,1H3,(H,14,15). The first-order chi connectivity index (χ1) is 7.68. The first kappa shape index (κ1) is 11.9. The van der Waals surface area contributed by atoms with Crippen LogP contribution in [0, 0.1) is 17.8 Å². The summed E-state index contributed by atoms with van der Waals surface area (Å²) in [5.74, 6) is 0.288. The molecular weight excluding hydrogens is 204 g/mol. The Balaban J connectivity index is 2.01. The van der Waals surface area contributed by atoms with Crippen molar-refractivity contribution in [2.75, 3.05) is 6.61 Å². The minimum absolute atomic E-state index is 0.0194. The van der Waals surface area contributed by atoms with E-state index in [9.17, 15) is 9.90 Å². The van der Waals surface area contributed by atoms with E-state index >= 15 is 0 Å². The monoisotopic (exact) mass is 226 g/mol. The summed E-state index contributed by atoms with van der Waals surface area (Å²) in [5, 5.41) is 9.23. The molecule has 2 aliphatic rings. The molecule has 0 radical (unpaired) electrons. The van der Waals surface area contributed by atoms with Crippen molar-refractivity contribution in [1.29, 1.82) is 0 Å². The zero-order valence-corrected chi connectivity index (χ0v) is 10.0. The summed E-state index contributed by atoms with van der Waals surface area (Å²) in [6, 6.07) is 0. The molecule has 1 saturated carbocycles. The van der Waals surface area contributed by atoms with Crippen molar-refractivity contribution < 1.29 is 14.6 Å². The number of carboxylic acid groups (broad SMARTS) is 1. The number of rotatable bonds is 2. The molecule has 1 aliphatic heterocycles.